The van der Waals surface area contributed by atoms with Crippen LogP contribution in [0, 0.1) is 0 Å². The zero-order valence-corrected chi connectivity index (χ0v) is 8.67. The van der Waals surface area contributed by atoms with Gasteiger partial charge in [0.2, 0.25) is 0 Å². The number of hydrogen-bond donors (Lipinski definition) is 0. The molecule has 0 amide bonds. The van der Waals surface area contributed by atoms with Crippen LogP contribution in [0.5, 0.6) is 0 Å². The van der Waals surface area contributed by atoms with Crippen LogP contribution in [-0.4, -0.2) is 0 Å². The first-order valence-electron chi connectivity index (χ1n) is 5.20. The molecule has 1 heterocycles. The van der Waals surface area contributed by atoms with E-state index in [4.69, 9.17) is 0 Å². The Balaban J connectivity index is 2.45. The molecule has 0 fully saturated rings. The van der Waals surface area contributed by atoms with Crippen molar-refractivity contribution in [1.82, 2.24) is 0 Å². The molecule has 16 heavy (non-hydrogen) atoms. The smallest absolute Gasteiger partial charge is 0.0886 e. The van der Waals surface area contributed by atoms with Crippen LogP contribution in [0.25, 0.3) is 12.4 Å². The Bertz CT molecular complexity index is 624. The van der Waals surface area contributed by atoms with Gasteiger partial charge in [0, 0.05) is 22.8 Å². The van der Waals surface area contributed by atoms with Crippen LogP contribution in [0.2, 0.25) is 0 Å². The number of benzene rings is 2. The van der Waals surface area contributed by atoms with E-state index in [-0.39, 0.29) is 0 Å². The van der Waals surface area contributed by atoms with E-state index in [0.717, 1.165) is 21.2 Å². The molecule has 0 N–H and O–H groups in total. The molecule has 0 atom stereocenters. The molecule has 3 rings (SSSR count). The Labute approximate surface area is 92.6 Å². The first-order chi connectivity index (χ1) is 7.93. The molecule has 0 radical (unpaired) electrons. The molecule has 2 aromatic rings. The van der Waals surface area contributed by atoms with Crippen LogP contribution in [-0.2, 0) is 0 Å². The lowest BCUT2D eigenvalue weighted by atomic mass is 10.2. The molecule has 2 nitrogen and oxygen atoms in total. The molecule has 2 aromatic carbocycles. The zero-order valence-electron chi connectivity index (χ0n) is 8.67. The molecule has 0 saturated carbocycles. The van der Waals surface area contributed by atoms with Crippen molar-refractivity contribution in [2.45, 2.75) is 0 Å². The van der Waals surface area contributed by atoms with E-state index in [0.29, 0.717) is 0 Å². The Morgan fingerprint density at radius 1 is 0.562 bits per heavy atom. The third-order valence-corrected chi connectivity index (χ3v) is 2.56. The van der Waals surface area contributed by atoms with Gasteiger partial charge in [0.25, 0.3) is 0 Å². The van der Waals surface area contributed by atoms with Gasteiger partial charge in [0.1, 0.15) is 0 Å². The second-order valence-electron chi connectivity index (χ2n) is 3.63. The fourth-order valence-corrected chi connectivity index (χ4v) is 1.71. The summed E-state index contributed by atoms with van der Waals surface area (Å²) in [6, 6.07) is 16.0. The SMILES string of the molecule is C1=c2/cccc/c2=C/N=c2ccccc2=N/1. The Morgan fingerprint density at radius 3 is 1.50 bits per heavy atom. The molecule has 0 spiro atoms. The first kappa shape index (κ1) is 9.04. The van der Waals surface area contributed by atoms with Crippen molar-refractivity contribution in [2.24, 2.45) is 9.98 Å². The summed E-state index contributed by atoms with van der Waals surface area (Å²) in [6.07, 6.45) is 3.78. The lowest BCUT2D eigenvalue weighted by molar-refractivity contribution is 1.24. The lowest BCUT2D eigenvalue weighted by Gasteiger charge is -1.92. The van der Waals surface area contributed by atoms with Gasteiger partial charge in [-0.05, 0) is 12.1 Å². The Morgan fingerprint density at radius 2 is 1.00 bits per heavy atom. The molecule has 0 aliphatic carbocycles. The highest BCUT2D eigenvalue weighted by atomic mass is 14.7. The minimum Gasteiger partial charge on any atom is -0.254 e. The molecular formula is C14H10N2. The van der Waals surface area contributed by atoms with Crippen molar-refractivity contribution in [3.8, 4) is 0 Å². The number of rotatable bonds is 0. The summed E-state index contributed by atoms with van der Waals surface area (Å²) in [5.74, 6) is 0. The van der Waals surface area contributed by atoms with Crippen molar-refractivity contribution in [1.29, 1.82) is 0 Å². The van der Waals surface area contributed by atoms with E-state index in [1.54, 1.807) is 0 Å². The topological polar surface area (TPSA) is 24.7 Å². The maximum atomic E-state index is 4.45. The number of para-hydroxylation sites is 2. The van der Waals surface area contributed by atoms with E-state index in [2.05, 4.69) is 9.98 Å². The zero-order chi connectivity index (χ0) is 10.8. The van der Waals surface area contributed by atoms with Crippen molar-refractivity contribution in [2.75, 3.05) is 0 Å². The summed E-state index contributed by atoms with van der Waals surface area (Å²) in [7, 11) is 0. The van der Waals surface area contributed by atoms with Crippen molar-refractivity contribution >= 4 is 12.4 Å². The van der Waals surface area contributed by atoms with Crippen molar-refractivity contribution < 1.29 is 0 Å². The maximum Gasteiger partial charge on any atom is 0.0886 e. The van der Waals surface area contributed by atoms with Gasteiger partial charge in [-0.2, -0.15) is 0 Å². The predicted octanol–water partition coefficient (Wildman–Crippen LogP) is 0.116. The van der Waals surface area contributed by atoms with Crippen LogP contribution >= 0.6 is 0 Å². The third kappa shape index (κ3) is 1.54. The maximum absolute atomic E-state index is 4.45. The van der Waals surface area contributed by atoms with Crippen LogP contribution in [0.4, 0.5) is 0 Å². The van der Waals surface area contributed by atoms with Crippen molar-refractivity contribution in [3.63, 3.8) is 0 Å². The van der Waals surface area contributed by atoms with Crippen LogP contribution in [0.1, 0.15) is 0 Å². The standard InChI is InChI=1S/C14H10N2/c1-2-6-12-10-16-14-8-4-3-7-13(14)15-9-11(12)5-1/h1-10H/b11-9-,12-10-,15-9?,15-13?,16-10?,16-14?. The summed E-state index contributed by atoms with van der Waals surface area (Å²) in [5, 5.41) is 4.02. The lowest BCUT2D eigenvalue weighted by Crippen LogP contribution is -2.29. The van der Waals surface area contributed by atoms with E-state index in [9.17, 15) is 0 Å². The van der Waals surface area contributed by atoms with E-state index in [1.165, 1.54) is 0 Å². The minimum absolute atomic E-state index is 0.910. The molecule has 2 heteroatoms. The van der Waals surface area contributed by atoms with Gasteiger partial charge in [-0.15, -0.1) is 0 Å². The van der Waals surface area contributed by atoms with Gasteiger partial charge in [0.15, 0.2) is 0 Å². The van der Waals surface area contributed by atoms with Gasteiger partial charge in [-0.1, -0.05) is 36.4 Å². The molecule has 0 saturated heterocycles. The van der Waals surface area contributed by atoms with Gasteiger partial charge in [-0.25, -0.2) is 0 Å². The minimum atomic E-state index is 0.910. The summed E-state index contributed by atoms with van der Waals surface area (Å²) in [5.41, 5.74) is 0. The molecule has 0 unspecified atom stereocenters. The van der Waals surface area contributed by atoms with Gasteiger partial charge >= 0.3 is 0 Å². The van der Waals surface area contributed by atoms with E-state index < -0.39 is 0 Å². The predicted molar refractivity (Wildman–Crippen MR) is 63.4 cm³/mol. The highest BCUT2D eigenvalue weighted by Crippen LogP contribution is 1.78. The number of nitrogens with zero attached hydrogens (tertiary/aromatic N) is 2. The molecule has 0 bridgehead atoms. The van der Waals surface area contributed by atoms with E-state index in [1.807, 2.05) is 60.9 Å². The highest BCUT2D eigenvalue weighted by Gasteiger charge is 1.89. The average molecular weight is 206 g/mol. The van der Waals surface area contributed by atoms with Crippen LogP contribution < -0.4 is 21.2 Å². The van der Waals surface area contributed by atoms with Gasteiger partial charge < -0.3 is 0 Å². The normalized spacial score (nSPS) is 16.8. The second-order valence-corrected chi connectivity index (χ2v) is 3.63. The largest absolute Gasteiger partial charge is 0.254 e. The second kappa shape index (κ2) is 3.74. The fraction of sp³-hybridized carbons (Fsp3) is 0. The Kier molecular flexibility index (Phi) is 2.11. The number of hydrogen-bond acceptors (Lipinski definition) is 2. The molecule has 1 aliphatic rings. The quantitative estimate of drug-likeness (QED) is 0.585. The van der Waals surface area contributed by atoms with Crippen LogP contribution in [0.15, 0.2) is 58.5 Å². The highest BCUT2D eigenvalue weighted by molar-refractivity contribution is 5.32. The van der Waals surface area contributed by atoms with Crippen molar-refractivity contribution in [3.05, 3.63) is 69.7 Å². The molecule has 76 valence electrons. The molecular weight excluding hydrogens is 196 g/mol. The van der Waals surface area contributed by atoms with Crippen LogP contribution in [0.3, 0.4) is 0 Å². The average Bonchev–Trinajstić information content (AvgIpc) is 2.32. The monoisotopic (exact) mass is 206 g/mol. The van der Waals surface area contributed by atoms with Gasteiger partial charge in [-0.3, -0.25) is 9.98 Å². The number of fused-ring (bicyclic) bond motifs is 2. The Hall–Kier alpha value is -2.22. The summed E-state index contributed by atoms with van der Waals surface area (Å²) in [6.45, 7) is 0. The fourth-order valence-electron chi connectivity index (χ4n) is 1.71. The van der Waals surface area contributed by atoms with Gasteiger partial charge in [0.05, 0.1) is 10.7 Å². The molecule has 1 aliphatic heterocycles. The summed E-state index contributed by atoms with van der Waals surface area (Å²) >= 11 is 0. The van der Waals surface area contributed by atoms with E-state index >= 15 is 0 Å². The third-order valence-electron chi connectivity index (χ3n) is 2.56. The summed E-state index contributed by atoms with van der Waals surface area (Å²) in [4.78, 5) is 8.90. The molecule has 0 aromatic heterocycles. The summed E-state index contributed by atoms with van der Waals surface area (Å²) < 4.78 is 0. The first-order valence-corrected chi connectivity index (χ1v) is 5.20.